The minimum absolute atomic E-state index is 0.0207. The van der Waals surface area contributed by atoms with Crippen LogP contribution in [0.2, 0.25) is 0 Å². The number of piperidine rings is 1. The molecule has 32 heavy (non-hydrogen) atoms. The molecule has 4 nitrogen and oxygen atoms in total. The summed E-state index contributed by atoms with van der Waals surface area (Å²) in [5, 5.41) is 8.98. The van der Waals surface area contributed by atoms with Crippen LogP contribution >= 0.6 is 0 Å². The number of halogens is 3. The molecule has 2 aromatic rings. The average molecular weight is 444 g/mol. The van der Waals surface area contributed by atoms with Crippen molar-refractivity contribution in [2.75, 3.05) is 32.8 Å². The monoisotopic (exact) mass is 444 g/mol. The van der Waals surface area contributed by atoms with Gasteiger partial charge in [-0.25, -0.2) is 0 Å². The maximum atomic E-state index is 13.2. The van der Waals surface area contributed by atoms with Gasteiger partial charge in [-0.15, -0.1) is 0 Å². The summed E-state index contributed by atoms with van der Waals surface area (Å²) in [5.41, 5.74) is 3.41. The van der Waals surface area contributed by atoms with E-state index in [2.05, 4.69) is 17.0 Å². The van der Waals surface area contributed by atoms with Crippen molar-refractivity contribution in [3.63, 3.8) is 0 Å². The van der Waals surface area contributed by atoms with Crippen LogP contribution in [-0.4, -0.2) is 53.6 Å². The van der Waals surface area contributed by atoms with E-state index in [4.69, 9.17) is 5.11 Å². The van der Waals surface area contributed by atoms with E-state index in [9.17, 15) is 18.0 Å². The zero-order valence-corrected chi connectivity index (χ0v) is 17.8. The number of aliphatic hydroxyl groups is 1. The van der Waals surface area contributed by atoms with Crippen molar-refractivity contribution in [2.45, 2.75) is 37.4 Å². The lowest BCUT2D eigenvalue weighted by Gasteiger charge is -2.43. The summed E-state index contributed by atoms with van der Waals surface area (Å²) in [6, 6.07) is 11.5. The van der Waals surface area contributed by atoms with Crippen molar-refractivity contribution in [3.8, 4) is 11.1 Å². The molecule has 3 aliphatic rings. The van der Waals surface area contributed by atoms with Gasteiger partial charge in [0.1, 0.15) is 0 Å². The highest BCUT2D eigenvalue weighted by molar-refractivity contribution is 5.81. The lowest BCUT2D eigenvalue weighted by atomic mass is 9.92. The Morgan fingerprint density at radius 2 is 1.75 bits per heavy atom. The molecule has 2 bridgehead atoms. The Hall–Kier alpha value is -2.38. The van der Waals surface area contributed by atoms with Crippen LogP contribution in [0.4, 0.5) is 13.2 Å². The molecule has 2 unspecified atom stereocenters. The molecule has 0 spiro atoms. The maximum Gasteiger partial charge on any atom is 0.416 e. The summed E-state index contributed by atoms with van der Waals surface area (Å²) in [5.74, 6) is 0.678. The highest BCUT2D eigenvalue weighted by Crippen LogP contribution is 2.50. The number of rotatable bonds is 5. The highest BCUT2D eigenvalue weighted by atomic mass is 19.4. The van der Waals surface area contributed by atoms with E-state index in [1.807, 2.05) is 11.0 Å². The summed E-state index contributed by atoms with van der Waals surface area (Å²) in [4.78, 5) is 17.5. The molecule has 1 aliphatic carbocycles. The fraction of sp³-hybridized carbons (Fsp3) is 0.480. The summed E-state index contributed by atoms with van der Waals surface area (Å²) >= 11 is 0. The number of fused-ring (bicyclic) bond motifs is 5. The molecule has 0 saturated carbocycles. The summed E-state index contributed by atoms with van der Waals surface area (Å²) in [6.45, 7) is 3.26. The van der Waals surface area contributed by atoms with Crippen LogP contribution in [0.1, 0.15) is 47.9 Å². The van der Waals surface area contributed by atoms with Gasteiger partial charge in [-0.1, -0.05) is 24.3 Å². The number of aliphatic hydroxyl groups excluding tert-OH is 1. The number of hydrogen-bond donors (Lipinski definition) is 1. The zero-order valence-electron chi connectivity index (χ0n) is 17.8. The molecule has 2 atom stereocenters. The molecule has 2 aromatic carbocycles. The number of carbonyl (C=O) groups is 1. The summed E-state index contributed by atoms with van der Waals surface area (Å²) in [7, 11) is 0. The van der Waals surface area contributed by atoms with Crippen molar-refractivity contribution in [3.05, 3.63) is 59.2 Å². The topological polar surface area (TPSA) is 43.8 Å². The molecule has 2 aliphatic heterocycles. The lowest BCUT2D eigenvalue weighted by Crippen LogP contribution is -2.55. The van der Waals surface area contributed by atoms with Gasteiger partial charge >= 0.3 is 6.18 Å². The first-order valence-electron chi connectivity index (χ1n) is 11.3. The second kappa shape index (κ2) is 8.19. The van der Waals surface area contributed by atoms with Crippen LogP contribution in [0.25, 0.3) is 11.1 Å². The van der Waals surface area contributed by atoms with Crippen LogP contribution in [-0.2, 0) is 11.0 Å². The van der Waals surface area contributed by atoms with Crippen molar-refractivity contribution < 1.29 is 23.1 Å². The average Bonchev–Trinajstić information content (AvgIpc) is 3.03. The van der Waals surface area contributed by atoms with Gasteiger partial charge in [0.15, 0.2) is 0 Å². The summed E-state index contributed by atoms with van der Waals surface area (Å²) in [6.07, 6.45) is -1.73. The molecular weight excluding hydrogens is 417 g/mol. The molecular formula is C25H27F3N2O2. The molecule has 0 aromatic heterocycles. The fourth-order valence-corrected chi connectivity index (χ4v) is 5.51. The van der Waals surface area contributed by atoms with Crippen LogP contribution in [0.3, 0.4) is 0 Å². The Balaban J connectivity index is 1.34. The van der Waals surface area contributed by atoms with Crippen molar-refractivity contribution in [1.29, 1.82) is 0 Å². The van der Waals surface area contributed by atoms with E-state index >= 15 is 0 Å². The van der Waals surface area contributed by atoms with E-state index in [1.54, 1.807) is 0 Å². The fourth-order valence-electron chi connectivity index (χ4n) is 5.51. The van der Waals surface area contributed by atoms with Gasteiger partial charge in [-0.05, 0) is 65.6 Å². The van der Waals surface area contributed by atoms with Crippen LogP contribution < -0.4 is 0 Å². The van der Waals surface area contributed by atoms with Crippen LogP contribution in [0, 0.1) is 5.92 Å². The Labute approximate surface area is 185 Å². The molecule has 1 amide bonds. The van der Waals surface area contributed by atoms with Crippen molar-refractivity contribution in [2.24, 2.45) is 5.92 Å². The van der Waals surface area contributed by atoms with Gasteiger partial charge in [0.2, 0.25) is 5.91 Å². The Morgan fingerprint density at radius 1 is 1.03 bits per heavy atom. The zero-order chi connectivity index (χ0) is 22.5. The van der Waals surface area contributed by atoms with Gasteiger partial charge in [0.05, 0.1) is 17.5 Å². The van der Waals surface area contributed by atoms with Crippen molar-refractivity contribution in [1.82, 2.24) is 9.80 Å². The molecule has 1 N–H and O–H groups in total. The first-order valence-corrected chi connectivity index (χ1v) is 11.3. The van der Waals surface area contributed by atoms with E-state index in [0.29, 0.717) is 5.92 Å². The predicted molar refractivity (Wildman–Crippen MR) is 115 cm³/mol. The number of carbonyl (C=O) groups excluding carboxylic acids is 1. The minimum atomic E-state index is -4.34. The molecule has 2 fully saturated rings. The predicted octanol–water partition coefficient (Wildman–Crippen LogP) is 4.45. The second-order valence-electron chi connectivity index (χ2n) is 9.22. The molecule has 2 saturated heterocycles. The summed E-state index contributed by atoms with van der Waals surface area (Å²) < 4.78 is 38.7. The van der Waals surface area contributed by atoms with E-state index in [0.717, 1.165) is 74.3 Å². The molecule has 0 radical (unpaired) electrons. The van der Waals surface area contributed by atoms with Gasteiger partial charge in [0, 0.05) is 32.8 Å². The Morgan fingerprint density at radius 3 is 2.44 bits per heavy atom. The Kier molecular flexibility index (Phi) is 5.50. The van der Waals surface area contributed by atoms with E-state index < -0.39 is 11.7 Å². The number of hydrogen-bond acceptors (Lipinski definition) is 3. The smallest absolute Gasteiger partial charge is 0.396 e. The SMILES string of the molecule is O=C(C1CN(CCCO)C1)N1CCC2CC1c1cc(-c3ccc(C(F)(F)F)cc3)ccc12. The molecule has 170 valence electrons. The molecule has 7 heteroatoms. The number of benzene rings is 2. The number of nitrogens with zero attached hydrogens (tertiary/aromatic N) is 2. The maximum absolute atomic E-state index is 13.2. The van der Waals surface area contributed by atoms with Crippen LogP contribution in [0.5, 0.6) is 0 Å². The largest absolute Gasteiger partial charge is 0.416 e. The normalized spacial score (nSPS) is 23.2. The Bertz CT molecular complexity index is 999. The van der Waals surface area contributed by atoms with Gasteiger partial charge in [0.25, 0.3) is 0 Å². The van der Waals surface area contributed by atoms with Gasteiger partial charge in [-0.3, -0.25) is 4.79 Å². The van der Waals surface area contributed by atoms with Crippen LogP contribution in [0.15, 0.2) is 42.5 Å². The second-order valence-corrected chi connectivity index (χ2v) is 9.22. The quantitative estimate of drug-likeness (QED) is 0.741. The van der Waals surface area contributed by atoms with Gasteiger partial charge in [-0.2, -0.15) is 13.2 Å². The third-order valence-electron chi connectivity index (χ3n) is 7.26. The van der Waals surface area contributed by atoms with Gasteiger partial charge < -0.3 is 14.9 Å². The molecule has 2 heterocycles. The highest BCUT2D eigenvalue weighted by Gasteiger charge is 2.44. The minimum Gasteiger partial charge on any atom is -0.396 e. The standard InChI is InChI=1S/C25H27F3N2O2/c26-25(27,28)20-5-2-16(3-6-20)17-4-7-21-18-8-10-30(23(13-18)22(21)12-17)24(32)19-14-29(15-19)9-1-11-31/h2-7,12,18-19,23,31H,1,8-11,13-15H2. The number of alkyl halides is 3. The van der Waals surface area contributed by atoms with E-state index in [1.165, 1.54) is 17.7 Å². The third kappa shape index (κ3) is 3.82. The van der Waals surface area contributed by atoms with Crippen molar-refractivity contribution >= 4 is 5.91 Å². The third-order valence-corrected chi connectivity index (χ3v) is 7.26. The first-order chi connectivity index (χ1) is 15.3. The first kappa shape index (κ1) is 21.5. The van der Waals surface area contributed by atoms with E-state index in [-0.39, 0.29) is 24.5 Å². The number of amides is 1. The number of likely N-dealkylation sites (tertiary alicyclic amines) is 2. The molecule has 5 rings (SSSR count). The lowest BCUT2D eigenvalue weighted by molar-refractivity contribution is -0.145.